The fourth-order valence-electron chi connectivity index (χ4n) is 3.06. The number of nitrogens with zero attached hydrogens (tertiary/aromatic N) is 1. The molecule has 0 aliphatic carbocycles. The monoisotopic (exact) mass is 323 g/mol. The third kappa shape index (κ3) is 4.09. The topological polar surface area (TPSA) is 54.5 Å². The third-order valence-corrected chi connectivity index (χ3v) is 5.88. The van der Waals surface area contributed by atoms with E-state index in [0.717, 1.165) is 24.0 Å². The maximum Gasteiger partial charge on any atom is 0.254 e. The second kappa shape index (κ2) is 6.82. The van der Waals surface area contributed by atoms with Crippen molar-refractivity contribution in [2.24, 2.45) is 0 Å². The Labute approximate surface area is 133 Å². The lowest BCUT2D eigenvalue weighted by molar-refractivity contribution is 0.0694. The van der Waals surface area contributed by atoms with E-state index in [0.29, 0.717) is 18.5 Å². The van der Waals surface area contributed by atoms with Crippen LogP contribution >= 0.6 is 0 Å². The lowest BCUT2D eigenvalue weighted by Gasteiger charge is -2.28. The molecule has 1 atom stereocenters. The maximum absolute atomic E-state index is 12.9. The quantitative estimate of drug-likeness (QED) is 0.837. The number of rotatable bonds is 5. The van der Waals surface area contributed by atoms with E-state index >= 15 is 0 Å². The predicted molar refractivity (Wildman–Crippen MR) is 88.9 cm³/mol. The van der Waals surface area contributed by atoms with Crippen LogP contribution < -0.4 is 0 Å². The van der Waals surface area contributed by atoms with E-state index in [9.17, 15) is 13.2 Å². The second-order valence-electron chi connectivity index (χ2n) is 6.29. The number of hydrogen-bond acceptors (Lipinski definition) is 3. The van der Waals surface area contributed by atoms with E-state index in [4.69, 9.17) is 0 Å². The van der Waals surface area contributed by atoms with Crippen molar-refractivity contribution in [3.8, 4) is 0 Å². The molecule has 0 spiro atoms. The van der Waals surface area contributed by atoms with Crippen LogP contribution in [0, 0.1) is 13.8 Å². The van der Waals surface area contributed by atoms with E-state index in [-0.39, 0.29) is 23.5 Å². The second-order valence-corrected chi connectivity index (χ2v) is 8.51. The van der Waals surface area contributed by atoms with Crippen LogP contribution in [0.5, 0.6) is 0 Å². The number of benzene rings is 1. The van der Waals surface area contributed by atoms with Gasteiger partial charge in [0.1, 0.15) is 0 Å². The summed E-state index contributed by atoms with van der Waals surface area (Å²) in [5.41, 5.74) is 2.77. The summed E-state index contributed by atoms with van der Waals surface area (Å²) in [5, 5.41) is 0. The molecule has 1 aliphatic rings. The Morgan fingerprint density at radius 1 is 1.23 bits per heavy atom. The Kier molecular flexibility index (Phi) is 5.27. The van der Waals surface area contributed by atoms with Crippen molar-refractivity contribution in [2.45, 2.75) is 46.1 Å². The van der Waals surface area contributed by atoms with Crippen LogP contribution in [0.4, 0.5) is 0 Å². The zero-order valence-corrected chi connectivity index (χ0v) is 14.4. The highest BCUT2D eigenvalue weighted by molar-refractivity contribution is 7.91. The number of unbranched alkanes of at least 4 members (excludes halogenated alkanes) is 1. The summed E-state index contributed by atoms with van der Waals surface area (Å²) in [6.07, 6.45) is 2.44. The first kappa shape index (κ1) is 17.0. The zero-order chi connectivity index (χ0) is 16.3. The largest absolute Gasteiger partial charge is 0.335 e. The summed E-state index contributed by atoms with van der Waals surface area (Å²) in [6, 6.07) is 5.63. The number of carbonyl (C=O) groups excluding carboxylic acids is 1. The SMILES string of the molecule is CCCCN(C(=O)c1cc(C)cc(C)c1)[C@H]1CCS(=O)(=O)C1. The van der Waals surface area contributed by atoms with Gasteiger partial charge in [-0.1, -0.05) is 30.5 Å². The molecule has 2 rings (SSSR count). The van der Waals surface area contributed by atoms with Crippen molar-refractivity contribution >= 4 is 15.7 Å². The van der Waals surface area contributed by atoms with Crippen molar-refractivity contribution in [3.05, 3.63) is 34.9 Å². The van der Waals surface area contributed by atoms with E-state index < -0.39 is 9.84 Å². The van der Waals surface area contributed by atoms with Gasteiger partial charge in [-0.15, -0.1) is 0 Å². The standard InChI is InChI=1S/C17H25NO3S/c1-4-5-7-18(16-6-8-22(20,21)12-16)17(19)15-10-13(2)9-14(3)11-15/h9-11,16H,4-8,12H2,1-3H3/t16-/m0/s1. The molecule has 0 radical (unpaired) electrons. The number of amides is 1. The smallest absolute Gasteiger partial charge is 0.254 e. The lowest BCUT2D eigenvalue weighted by Crippen LogP contribution is -2.41. The molecular formula is C17H25NO3S. The Morgan fingerprint density at radius 3 is 2.36 bits per heavy atom. The molecular weight excluding hydrogens is 298 g/mol. The van der Waals surface area contributed by atoms with E-state index in [1.54, 1.807) is 4.90 Å². The molecule has 0 N–H and O–H groups in total. The number of aryl methyl sites for hydroxylation is 2. The molecule has 1 aromatic rings. The Morgan fingerprint density at radius 2 is 1.86 bits per heavy atom. The molecule has 4 nitrogen and oxygen atoms in total. The predicted octanol–water partition coefficient (Wildman–Crippen LogP) is 2.73. The highest BCUT2D eigenvalue weighted by atomic mass is 32.2. The summed E-state index contributed by atoms with van der Waals surface area (Å²) >= 11 is 0. The molecule has 1 amide bonds. The highest BCUT2D eigenvalue weighted by Gasteiger charge is 2.34. The Balaban J connectivity index is 2.26. The van der Waals surface area contributed by atoms with E-state index in [2.05, 4.69) is 6.92 Å². The molecule has 22 heavy (non-hydrogen) atoms. The van der Waals surface area contributed by atoms with Crippen LogP contribution in [0.3, 0.4) is 0 Å². The van der Waals surface area contributed by atoms with Gasteiger partial charge in [-0.3, -0.25) is 4.79 Å². The molecule has 1 heterocycles. The summed E-state index contributed by atoms with van der Waals surface area (Å²) in [7, 11) is -2.99. The number of sulfone groups is 1. The van der Waals surface area contributed by atoms with Crippen LogP contribution in [0.1, 0.15) is 47.7 Å². The van der Waals surface area contributed by atoms with Crippen molar-refractivity contribution in [1.82, 2.24) is 4.90 Å². The minimum Gasteiger partial charge on any atom is -0.335 e. The highest BCUT2D eigenvalue weighted by Crippen LogP contribution is 2.21. The molecule has 0 bridgehead atoms. The molecule has 5 heteroatoms. The molecule has 1 saturated heterocycles. The fraction of sp³-hybridized carbons (Fsp3) is 0.588. The lowest BCUT2D eigenvalue weighted by atomic mass is 10.0. The Hall–Kier alpha value is -1.36. The molecule has 1 aliphatic heterocycles. The summed E-state index contributed by atoms with van der Waals surface area (Å²) in [6.45, 7) is 6.65. The van der Waals surface area contributed by atoms with Gasteiger partial charge in [-0.25, -0.2) is 8.42 Å². The minimum absolute atomic E-state index is 0.0395. The molecule has 0 aromatic heterocycles. The first-order valence-corrected chi connectivity index (χ1v) is 9.74. The summed E-state index contributed by atoms with van der Waals surface area (Å²) < 4.78 is 23.5. The molecule has 0 unspecified atom stereocenters. The Bertz CT molecular complexity index is 632. The zero-order valence-electron chi connectivity index (χ0n) is 13.6. The van der Waals surface area contributed by atoms with Gasteiger partial charge in [0, 0.05) is 18.2 Å². The van der Waals surface area contributed by atoms with E-state index in [1.165, 1.54) is 0 Å². The van der Waals surface area contributed by atoms with Gasteiger partial charge in [-0.2, -0.15) is 0 Å². The summed E-state index contributed by atoms with van der Waals surface area (Å²) in [4.78, 5) is 14.7. The third-order valence-electron chi connectivity index (χ3n) is 4.13. The van der Waals surface area contributed by atoms with Crippen LogP contribution in [0.2, 0.25) is 0 Å². The minimum atomic E-state index is -2.99. The van der Waals surface area contributed by atoms with Gasteiger partial charge in [0.2, 0.25) is 0 Å². The van der Waals surface area contributed by atoms with Crippen molar-refractivity contribution in [1.29, 1.82) is 0 Å². The van der Waals surface area contributed by atoms with Crippen LogP contribution in [0.15, 0.2) is 18.2 Å². The molecule has 1 aromatic carbocycles. The van der Waals surface area contributed by atoms with Gasteiger partial charge in [0.25, 0.3) is 5.91 Å². The number of hydrogen-bond donors (Lipinski definition) is 0. The molecule has 0 saturated carbocycles. The summed E-state index contributed by atoms with van der Waals surface area (Å²) in [5.74, 6) is 0.260. The van der Waals surface area contributed by atoms with Crippen LogP contribution in [0.25, 0.3) is 0 Å². The van der Waals surface area contributed by atoms with Gasteiger partial charge in [0.15, 0.2) is 9.84 Å². The molecule has 122 valence electrons. The average Bonchev–Trinajstić information content (AvgIpc) is 2.78. The van der Waals surface area contributed by atoms with Crippen molar-refractivity contribution in [3.63, 3.8) is 0 Å². The first-order valence-electron chi connectivity index (χ1n) is 7.92. The first-order chi connectivity index (χ1) is 10.3. The van der Waals surface area contributed by atoms with Gasteiger partial charge in [-0.05, 0) is 38.8 Å². The number of carbonyl (C=O) groups is 1. The van der Waals surface area contributed by atoms with Gasteiger partial charge >= 0.3 is 0 Å². The van der Waals surface area contributed by atoms with E-state index in [1.807, 2.05) is 32.0 Å². The molecule has 1 fully saturated rings. The maximum atomic E-state index is 12.9. The normalized spacial score (nSPS) is 20.0. The van der Waals surface area contributed by atoms with Gasteiger partial charge in [0.05, 0.1) is 11.5 Å². The average molecular weight is 323 g/mol. The van der Waals surface area contributed by atoms with Crippen molar-refractivity contribution in [2.75, 3.05) is 18.1 Å². The van der Waals surface area contributed by atoms with Crippen molar-refractivity contribution < 1.29 is 13.2 Å². The van der Waals surface area contributed by atoms with Crippen LogP contribution in [-0.2, 0) is 9.84 Å². The fourth-order valence-corrected chi connectivity index (χ4v) is 4.79. The van der Waals surface area contributed by atoms with Gasteiger partial charge < -0.3 is 4.90 Å². The van der Waals surface area contributed by atoms with Crippen LogP contribution in [-0.4, -0.2) is 43.3 Å².